The highest BCUT2D eigenvalue weighted by Gasteiger charge is 2.12. The Labute approximate surface area is 127 Å². The third-order valence-electron chi connectivity index (χ3n) is 3.20. The van der Waals surface area contributed by atoms with Crippen LogP contribution in [0.4, 0.5) is 0 Å². The van der Waals surface area contributed by atoms with E-state index in [2.05, 4.69) is 45.4 Å². The van der Waals surface area contributed by atoms with Gasteiger partial charge < -0.3 is 5.32 Å². The molecule has 0 bridgehead atoms. The lowest BCUT2D eigenvalue weighted by atomic mass is 10.1. The minimum Gasteiger partial charge on any atom is -0.306 e. The van der Waals surface area contributed by atoms with Crippen molar-refractivity contribution in [2.45, 2.75) is 26.4 Å². The van der Waals surface area contributed by atoms with Crippen LogP contribution in [0.5, 0.6) is 0 Å². The molecule has 19 heavy (non-hydrogen) atoms. The first kappa shape index (κ1) is 14.6. The average molecular weight is 343 g/mol. The molecule has 1 N–H and O–H groups in total. The fourth-order valence-corrected chi connectivity index (χ4v) is 2.68. The summed E-state index contributed by atoms with van der Waals surface area (Å²) < 4.78 is 2.80. The molecule has 1 aromatic heterocycles. The van der Waals surface area contributed by atoms with Crippen LogP contribution in [0.1, 0.15) is 29.8 Å². The Balaban J connectivity index is 2.06. The lowest BCUT2D eigenvalue weighted by molar-refractivity contribution is 0.573. The SMILES string of the molecule is Cc1nn(C)c(Cl)c1CNC(C)c1cccc(Br)c1. The molecule has 1 aromatic carbocycles. The Hall–Kier alpha value is -0.840. The monoisotopic (exact) mass is 341 g/mol. The van der Waals surface area contributed by atoms with Crippen LogP contribution < -0.4 is 5.32 Å². The van der Waals surface area contributed by atoms with Crippen molar-refractivity contribution in [2.75, 3.05) is 0 Å². The highest BCUT2D eigenvalue weighted by atomic mass is 79.9. The molecule has 0 aliphatic rings. The smallest absolute Gasteiger partial charge is 0.131 e. The number of rotatable bonds is 4. The molecule has 0 amide bonds. The van der Waals surface area contributed by atoms with Crippen molar-refractivity contribution >= 4 is 27.5 Å². The first-order chi connectivity index (χ1) is 8.99. The summed E-state index contributed by atoms with van der Waals surface area (Å²) in [6, 6.07) is 8.56. The lowest BCUT2D eigenvalue weighted by Gasteiger charge is -2.14. The molecule has 0 aliphatic heterocycles. The standard InChI is InChI=1S/C14H17BrClN3/c1-9(11-5-4-6-12(15)7-11)17-8-13-10(2)18-19(3)14(13)16/h4-7,9,17H,8H2,1-3H3. The van der Waals surface area contributed by atoms with Gasteiger partial charge in [0, 0.05) is 29.7 Å². The summed E-state index contributed by atoms with van der Waals surface area (Å²) in [6.07, 6.45) is 0. The molecule has 0 saturated heterocycles. The van der Waals surface area contributed by atoms with Crippen LogP contribution in [-0.4, -0.2) is 9.78 Å². The number of nitrogens with one attached hydrogen (secondary N) is 1. The highest BCUT2D eigenvalue weighted by Crippen LogP contribution is 2.21. The molecule has 5 heteroatoms. The number of hydrogen-bond acceptors (Lipinski definition) is 2. The fraction of sp³-hybridized carbons (Fsp3) is 0.357. The van der Waals surface area contributed by atoms with Crippen molar-refractivity contribution in [3.8, 4) is 0 Å². The van der Waals surface area contributed by atoms with Crippen molar-refractivity contribution < 1.29 is 0 Å². The Kier molecular flexibility index (Phi) is 4.66. The lowest BCUT2D eigenvalue weighted by Crippen LogP contribution is -2.18. The number of hydrogen-bond donors (Lipinski definition) is 1. The fourth-order valence-electron chi connectivity index (χ4n) is 2.02. The molecular formula is C14H17BrClN3. The minimum atomic E-state index is 0.258. The maximum atomic E-state index is 6.22. The predicted molar refractivity (Wildman–Crippen MR) is 82.4 cm³/mol. The second kappa shape index (κ2) is 6.07. The molecule has 0 spiro atoms. The maximum Gasteiger partial charge on any atom is 0.131 e. The van der Waals surface area contributed by atoms with Crippen LogP contribution in [0.3, 0.4) is 0 Å². The molecule has 102 valence electrons. The van der Waals surface area contributed by atoms with Crippen molar-refractivity contribution in [1.82, 2.24) is 15.1 Å². The minimum absolute atomic E-state index is 0.258. The van der Waals surface area contributed by atoms with Crippen LogP contribution in [-0.2, 0) is 13.6 Å². The molecule has 2 rings (SSSR count). The number of halogens is 2. The molecule has 0 aliphatic carbocycles. The Morgan fingerprint density at radius 2 is 2.21 bits per heavy atom. The van der Waals surface area contributed by atoms with Gasteiger partial charge in [-0.25, -0.2) is 0 Å². The predicted octanol–water partition coefficient (Wildman–Crippen LogP) is 4.00. The molecule has 0 radical (unpaired) electrons. The van der Waals surface area contributed by atoms with E-state index in [1.165, 1.54) is 5.56 Å². The topological polar surface area (TPSA) is 29.9 Å². The summed E-state index contributed by atoms with van der Waals surface area (Å²) in [7, 11) is 1.86. The quantitative estimate of drug-likeness (QED) is 0.910. The van der Waals surface area contributed by atoms with Crippen molar-refractivity contribution in [3.63, 3.8) is 0 Å². The van der Waals surface area contributed by atoms with Gasteiger partial charge in [0.1, 0.15) is 5.15 Å². The van der Waals surface area contributed by atoms with E-state index in [0.717, 1.165) is 15.7 Å². The molecule has 0 saturated carbocycles. The molecule has 2 aromatic rings. The van der Waals surface area contributed by atoms with Gasteiger partial charge in [-0.1, -0.05) is 39.7 Å². The van der Waals surface area contributed by atoms with E-state index in [-0.39, 0.29) is 6.04 Å². The summed E-state index contributed by atoms with van der Waals surface area (Å²) in [5, 5.41) is 8.49. The number of aryl methyl sites for hydroxylation is 2. The largest absolute Gasteiger partial charge is 0.306 e. The zero-order valence-corrected chi connectivity index (χ0v) is 13.6. The molecule has 3 nitrogen and oxygen atoms in total. The van der Waals surface area contributed by atoms with E-state index in [4.69, 9.17) is 11.6 Å². The first-order valence-electron chi connectivity index (χ1n) is 6.16. The second-order valence-electron chi connectivity index (χ2n) is 4.64. The number of benzene rings is 1. The van der Waals surface area contributed by atoms with Gasteiger partial charge in [-0.15, -0.1) is 0 Å². The van der Waals surface area contributed by atoms with Gasteiger partial charge in [0.25, 0.3) is 0 Å². The van der Waals surface area contributed by atoms with Crippen molar-refractivity contribution in [1.29, 1.82) is 0 Å². The molecule has 1 atom stereocenters. The summed E-state index contributed by atoms with van der Waals surface area (Å²) in [5.41, 5.74) is 3.28. The Morgan fingerprint density at radius 3 is 2.79 bits per heavy atom. The van der Waals surface area contributed by atoms with E-state index < -0.39 is 0 Å². The molecule has 1 unspecified atom stereocenters. The zero-order chi connectivity index (χ0) is 14.0. The second-order valence-corrected chi connectivity index (χ2v) is 5.91. The van der Waals surface area contributed by atoms with Gasteiger partial charge in [-0.2, -0.15) is 5.10 Å². The third kappa shape index (κ3) is 3.38. The summed E-state index contributed by atoms with van der Waals surface area (Å²) in [6.45, 7) is 4.83. The number of aromatic nitrogens is 2. The van der Waals surface area contributed by atoms with Gasteiger partial charge in [-0.05, 0) is 31.5 Å². The van der Waals surface area contributed by atoms with E-state index in [1.54, 1.807) is 4.68 Å². The summed E-state index contributed by atoms with van der Waals surface area (Å²) in [5.74, 6) is 0. The van der Waals surface area contributed by atoms with E-state index >= 15 is 0 Å². The van der Waals surface area contributed by atoms with Crippen LogP contribution in [0.2, 0.25) is 5.15 Å². The Bertz CT molecular complexity index is 580. The van der Waals surface area contributed by atoms with E-state index in [1.807, 2.05) is 26.1 Å². The average Bonchev–Trinajstić information content (AvgIpc) is 2.61. The number of nitrogens with zero attached hydrogens (tertiary/aromatic N) is 2. The highest BCUT2D eigenvalue weighted by molar-refractivity contribution is 9.10. The third-order valence-corrected chi connectivity index (χ3v) is 4.17. The Morgan fingerprint density at radius 1 is 1.47 bits per heavy atom. The van der Waals surface area contributed by atoms with Crippen LogP contribution in [0.25, 0.3) is 0 Å². The normalized spacial score (nSPS) is 12.7. The maximum absolute atomic E-state index is 6.22. The van der Waals surface area contributed by atoms with Gasteiger partial charge in [0.15, 0.2) is 0 Å². The van der Waals surface area contributed by atoms with Crippen LogP contribution in [0, 0.1) is 6.92 Å². The first-order valence-corrected chi connectivity index (χ1v) is 7.33. The van der Waals surface area contributed by atoms with E-state index in [9.17, 15) is 0 Å². The summed E-state index contributed by atoms with van der Waals surface area (Å²) >= 11 is 9.71. The van der Waals surface area contributed by atoms with Gasteiger partial charge in [-0.3, -0.25) is 4.68 Å². The van der Waals surface area contributed by atoms with Gasteiger partial charge in [0.05, 0.1) is 5.69 Å². The van der Waals surface area contributed by atoms with Gasteiger partial charge in [0.2, 0.25) is 0 Å². The molecule has 1 heterocycles. The van der Waals surface area contributed by atoms with Gasteiger partial charge >= 0.3 is 0 Å². The van der Waals surface area contributed by atoms with Crippen LogP contribution >= 0.6 is 27.5 Å². The molecular weight excluding hydrogens is 326 g/mol. The summed E-state index contributed by atoms with van der Waals surface area (Å²) in [4.78, 5) is 0. The van der Waals surface area contributed by atoms with Crippen molar-refractivity contribution in [2.24, 2.45) is 7.05 Å². The van der Waals surface area contributed by atoms with Crippen LogP contribution in [0.15, 0.2) is 28.7 Å². The zero-order valence-electron chi connectivity index (χ0n) is 11.2. The molecule has 0 fully saturated rings. The van der Waals surface area contributed by atoms with Crippen molar-refractivity contribution in [3.05, 3.63) is 50.7 Å². The van der Waals surface area contributed by atoms with E-state index in [0.29, 0.717) is 11.7 Å².